The maximum Gasteiger partial charge on any atom is 0.257 e. The van der Waals surface area contributed by atoms with Gasteiger partial charge in [0.25, 0.3) is 5.91 Å². The number of thiazole rings is 1. The summed E-state index contributed by atoms with van der Waals surface area (Å²) >= 11 is 4.78. The van der Waals surface area contributed by atoms with Gasteiger partial charge >= 0.3 is 0 Å². The summed E-state index contributed by atoms with van der Waals surface area (Å²) in [6, 6.07) is 3.66. The van der Waals surface area contributed by atoms with Gasteiger partial charge in [-0.2, -0.15) is 0 Å². The fraction of sp³-hybridized carbons (Fsp3) is 0.286. The Hall–Kier alpha value is -2.43. The van der Waals surface area contributed by atoms with Crippen molar-refractivity contribution in [2.75, 3.05) is 32.7 Å². The molecule has 1 aliphatic heterocycles. The topological polar surface area (TPSA) is 60.8 Å². The molecular weight excluding hydrogens is 488 g/mol. The summed E-state index contributed by atoms with van der Waals surface area (Å²) in [6.45, 7) is 8.44. The fourth-order valence-corrected chi connectivity index (χ4v) is 4.15. The number of halogens is 3. The van der Waals surface area contributed by atoms with Crippen molar-refractivity contribution in [2.45, 2.75) is 6.92 Å². The Morgan fingerprint density at radius 1 is 1.35 bits per heavy atom. The number of piperazine rings is 1. The Balaban J connectivity index is 1.56. The predicted molar refractivity (Wildman–Crippen MR) is 123 cm³/mol. The lowest BCUT2D eigenvalue weighted by atomic mass is 10.1. The highest BCUT2D eigenvalue weighted by Gasteiger charge is 2.25. The molecule has 1 aromatic heterocycles. The summed E-state index contributed by atoms with van der Waals surface area (Å²) in [5.41, 5.74) is 0.704. The zero-order chi connectivity index (χ0) is 22.4. The van der Waals surface area contributed by atoms with Crippen LogP contribution in [0.2, 0.25) is 0 Å². The van der Waals surface area contributed by atoms with Crippen molar-refractivity contribution in [3.8, 4) is 0 Å². The third kappa shape index (κ3) is 6.05. The van der Waals surface area contributed by atoms with E-state index in [1.165, 1.54) is 23.5 Å². The number of allylic oxidation sites excluding steroid dienone is 1. The van der Waals surface area contributed by atoms with E-state index in [1.807, 2.05) is 13.0 Å². The maximum atomic E-state index is 13.9. The van der Waals surface area contributed by atoms with Crippen molar-refractivity contribution in [3.05, 3.63) is 69.8 Å². The summed E-state index contributed by atoms with van der Waals surface area (Å²) < 4.78 is 28.3. The summed E-state index contributed by atoms with van der Waals surface area (Å²) in [5, 5.41) is 3.88. The van der Waals surface area contributed by atoms with Gasteiger partial charge < -0.3 is 10.2 Å². The number of amides is 1. The lowest BCUT2D eigenvalue weighted by Crippen LogP contribution is -2.50. The number of nitrogens with one attached hydrogen (secondary N) is 1. The minimum atomic E-state index is -1.10. The second-order valence-electron chi connectivity index (χ2n) is 6.76. The summed E-state index contributed by atoms with van der Waals surface area (Å²) in [6.07, 6.45) is 5.27. The summed E-state index contributed by atoms with van der Waals surface area (Å²) in [5.74, 6) is -2.01. The van der Waals surface area contributed by atoms with E-state index >= 15 is 0 Å². The van der Waals surface area contributed by atoms with E-state index in [1.54, 1.807) is 17.2 Å². The van der Waals surface area contributed by atoms with Gasteiger partial charge in [0, 0.05) is 38.4 Å². The van der Waals surface area contributed by atoms with E-state index in [0.29, 0.717) is 43.7 Å². The molecule has 31 heavy (non-hydrogen) atoms. The zero-order valence-electron chi connectivity index (χ0n) is 16.9. The highest BCUT2D eigenvalue weighted by molar-refractivity contribution is 9.11. The Kier molecular flexibility index (Phi) is 8.05. The Bertz CT molecular complexity index is 1010. The molecule has 0 atom stereocenters. The van der Waals surface area contributed by atoms with Crippen LogP contribution in [0.3, 0.4) is 0 Å². The quantitative estimate of drug-likeness (QED) is 0.464. The molecule has 1 aliphatic rings. The van der Waals surface area contributed by atoms with Gasteiger partial charge in [0.2, 0.25) is 5.13 Å². The minimum Gasteiger partial charge on any atom is -0.343 e. The first-order chi connectivity index (χ1) is 14.9. The first-order valence-corrected chi connectivity index (χ1v) is 11.2. The van der Waals surface area contributed by atoms with Crippen LogP contribution in [-0.4, -0.2) is 59.3 Å². The Morgan fingerprint density at radius 2 is 2.10 bits per heavy atom. The average Bonchev–Trinajstić information content (AvgIpc) is 3.19. The molecule has 164 valence electrons. The molecule has 0 saturated carbocycles. The predicted octanol–water partition coefficient (Wildman–Crippen LogP) is 4.35. The highest BCUT2D eigenvalue weighted by Crippen LogP contribution is 2.25. The van der Waals surface area contributed by atoms with E-state index in [9.17, 15) is 13.6 Å². The van der Waals surface area contributed by atoms with Gasteiger partial charge in [0.15, 0.2) is 11.6 Å². The second-order valence-corrected chi connectivity index (χ2v) is 9.15. The monoisotopic (exact) mass is 509 g/mol. The van der Waals surface area contributed by atoms with Crippen LogP contribution in [0.15, 0.2) is 57.6 Å². The molecule has 1 aromatic carbocycles. The highest BCUT2D eigenvalue weighted by atomic mass is 79.9. The van der Waals surface area contributed by atoms with Crippen LogP contribution in [0.25, 0.3) is 0 Å². The molecule has 0 spiro atoms. The van der Waals surface area contributed by atoms with Crippen molar-refractivity contribution in [3.63, 3.8) is 0 Å². The summed E-state index contributed by atoms with van der Waals surface area (Å²) in [4.78, 5) is 24.9. The molecule has 1 fully saturated rings. The number of aromatic nitrogens is 1. The van der Waals surface area contributed by atoms with Crippen molar-refractivity contribution < 1.29 is 13.6 Å². The Morgan fingerprint density at radius 3 is 2.71 bits per heavy atom. The molecule has 10 heteroatoms. The number of carbonyl (C=O) groups is 1. The third-order valence-corrected chi connectivity index (χ3v) is 6.12. The molecule has 2 heterocycles. The second kappa shape index (κ2) is 10.7. The number of hydrogen-bond acceptors (Lipinski definition) is 5. The number of aliphatic imine (C=N–C) groups is 1. The largest absolute Gasteiger partial charge is 0.343 e. The maximum absolute atomic E-state index is 13.9. The van der Waals surface area contributed by atoms with Crippen LogP contribution in [0.5, 0.6) is 0 Å². The number of hydrogen-bond donors (Lipinski definition) is 1. The average molecular weight is 510 g/mol. The molecular formula is C21H22BrF2N5OS. The first kappa shape index (κ1) is 23.2. The first-order valence-electron chi connectivity index (χ1n) is 9.61. The van der Waals surface area contributed by atoms with E-state index in [4.69, 9.17) is 0 Å². The van der Waals surface area contributed by atoms with Crippen LogP contribution in [0, 0.1) is 11.6 Å². The number of rotatable bonds is 6. The van der Waals surface area contributed by atoms with Gasteiger partial charge in [-0.3, -0.25) is 9.69 Å². The van der Waals surface area contributed by atoms with Gasteiger partial charge in [-0.05, 0) is 41.1 Å². The number of carbonyl (C=O) groups excluding carboxylic acids is 1. The molecule has 3 rings (SSSR count). The van der Waals surface area contributed by atoms with Crippen LogP contribution in [-0.2, 0) is 0 Å². The van der Waals surface area contributed by atoms with Crippen molar-refractivity contribution in [2.24, 2.45) is 4.99 Å². The lowest BCUT2D eigenvalue weighted by Gasteiger charge is -2.35. The lowest BCUT2D eigenvalue weighted by molar-refractivity contribution is 0.0641. The van der Waals surface area contributed by atoms with E-state index < -0.39 is 17.5 Å². The van der Waals surface area contributed by atoms with Gasteiger partial charge in [-0.25, -0.2) is 18.8 Å². The molecule has 2 aromatic rings. The SMILES string of the molecule is C=C/C(=N/c1ncc(Br)s1)N/C(=C\C)CN1CCN(C(=O)c2cccc(F)c2F)CC1. The zero-order valence-corrected chi connectivity index (χ0v) is 19.3. The molecule has 1 N–H and O–H groups in total. The minimum absolute atomic E-state index is 0.232. The van der Waals surface area contributed by atoms with Gasteiger partial charge in [-0.15, -0.1) is 0 Å². The van der Waals surface area contributed by atoms with E-state index in [-0.39, 0.29) is 5.56 Å². The third-order valence-electron chi connectivity index (χ3n) is 4.75. The molecule has 0 unspecified atom stereocenters. The molecule has 1 amide bonds. The fourth-order valence-electron chi connectivity index (χ4n) is 3.08. The van der Waals surface area contributed by atoms with Gasteiger partial charge in [-0.1, -0.05) is 30.1 Å². The van der Waals surface area contributed by atoms with Crippen molar-refractivity contribution in [1.82, 2.24) is 20.1 Å². The standard InChI is InChI=1S/C21H22BrF2N5OS/c1-3-14(26-18(4-2)27-21-25-12-17(22)31-21)13-28-8-10-29(11-9-28)20(30)15-6-5-7-16(23)19(15)24/h3-7,12H,2,8-11,13H2,1H3,(H,25,26,27)/b14-3-. The molecule has 0 radical (unpaired) electrons. The van der Waals surface area contributed by atoms with E-state index in [0.717, 1.165) is 15.5 Å². The molecule has 0 aliphatic carbocycles. The van der Waals surface area contributed by atoms with Crippen molar-refractivity contribution >= 4 is 44.1 Å². The van der Waals surface area contributed by atoms with Gasteiger partial charge in [0.05, 0.1) is 15.5 Å². The van der Waals surface area contributed by atoms with Crippen LogP contribution in [0.4, 0.5) is 13.9 Å². The van der Waals surface area contributed by atoms with Crippen molar-refractivity contribution in [1.29, 1.82) is 0 Å². The molecule has 6 nitrogen and oxygen atoms in total. The molecule has 0 bridgehead atoms. The smallest absolute Gasteiger partial charge is 0.257 e. The van der Waals surface area contributed by atoms with Crippen LogP contribution in [0.1, 0.15) is 17.3 Å². The van der Waals surface area contributed by atoms with Crippen LogP contribution >= 0.6 is 27.3 Å². The van der Waals surface area contributed by atoms with Crippen LogP contribution < -0.4 is 5.32 Å². The number of nitrogens with zero attached hydrogens (tertiary/aromatic N) is 4. The Labute approximate surface area is 192 Å². The normalized spacial score (nSPS) is 15.8. The summed E-state index contributed by atoms with van der Waals surface area (Å²) in [7, 11) is 0. The van der Waals surface area contributed by atoms with E-state index in [2.05, 4.69) is 42.7 Å². The van der Waals surface area contributed by atoms with Gasteiger partial charge in [0.1, 0.15) is 5.84 Å². The number of benzene rings is 1. The molecule has 1 saturated heterocycles. The number of amidine groups is 1.